The largest absolute Gasteiger partial charge is 0.391 e. The van der Waals surface area contributed by atoms with E-state index in [9.17, 15) is 9.90 Å². The molecule has 2 fully saturated rings. The smallest absolute Gasteiger partial charge is 0.257 e. The number of pyridine rings is 1. The number of nitrogens with zero attached hydrogens (tertiary/aromatic N) is 4. The zero-order valence-corrected chi connectivity index (χ0v) is 16.5. The molecule has 30 heavy (non-hydrogen) atoms. The molecule has 3 aromatic heterocycles. The Morgan fingerprint density at radius 3 is 2.80 bits per heavy atom. The van der Waals surface area contributed by atoms with Crippen LogP contribution in [-0.2, 0) is 0 Å². The number of aromatic amines is 1. The molecule has 2 N–H and O–H groups in total. The number of imidazole rings is 1. The summed E-state index contributed by atoms with van der Waals surface area (Å²) >= 11 is 0. The van der Waals surface area contributed by atoms with E-state index < -0.39 is 6.10 Å². The van der Waals surface area contributed by atoms with Crippen molar-refractivity contribution in [3.05, 3.63) is 60.7 Å². The van der Waals surface area contributed by atoms with Gasteiger partial charge in [-0.15, -0.1) is 0 Å². The Balaban J connectivity index is 1.25. The van der Waals surface area contributed by atoms with Crippen LogP contribution in [-0.4, -0.2) is 54.6 Å². The molecule has 4 heterocycles. The molecule has 7 nitrogen and oxygen atoms in total. The average molecular weight is 401 g/mol. The second kappa shape index (κ2) is 6.67. The first kappa shape index (κ1) is 17.7. The topological polar surface area (TPSA) is 87.0 Å². The summed E-state index contributed by atoms with van der Waals surface area (Å²) in [5.74, 6) is 0.725. The van der Waals surface area contributed by atoms with Gasteiger partial charge in [0, 0.05) is 25.5 Å². The fourth-order valence-corrected chi connectivity index (χ4v) is 5.40. The van der Waals surface area contributed by atoms with Crippen molar-refractivity contribution in [3.8, 4) is 0 Å². The van der Waals surface area contributed by atoms with E-state index in [0.29, 0.717) is 30.4 Å². The highest BCUT2D eigenvalue weighted by Crippen LogP contribution is 2.42. The van der Waals surface area contributed by atoms with Crippen LogP contribution in [0.5, 0.6) is 0 Å². The fourth-order valence-electron chi connectivity index (χ4n) is 5.40. The highest BCUT2D eigenvalue weighted by Gasteiger charge is 2.44. The molecule has 4 aromatic rings. The maximum atomic E-state index is 13.2. The predicted molar refractivity (Wildman–Crippen MR) is 113 cm³/mol. The number of aliphatic hydroxyl groups is 1. The van der Waals surface area contributed by atoms with Crippen LogP contribution in [0, 0.1) is 11.8 Å². The first-order valence-corrected chi connectivity index (χ1v) is 10.5. The Hall–Kier alpha value is -3.19. The molecular weight excluding hydrogens is 378 g/mol. The van der Waals surface area contributed by atoms with Crippen molar-refractivity contribution < 1.29 is 9.90 Å². The van der Waals surface area contributed by atoms with Crippen LogP contribution in [0.15, 0.2) is 55.1 Å². The Labute approximate surface area is 173 Å². The number of hydrogen-bond donors (Lipinski definition) is 2. The Morgan fingerprint density at radius 2 is 1.90 bits per heavy atom. The van der Waals surface area contributed by atoms with Gasteiger partial charge >= 0.3 is 0 Å². The summed E-state index contributed by atoms with van der Waals surface area (Å²) in [6.07, 6.45) is 6.44. The van der Waals surface area contributed by atoms with E-state index >= 15 is 0 Å². The van der Waals surface area contributed by atoms with Gasteiger partial charge in [-0.2, -0.15) is 0 Å². The van der Waals surface area contributed by atoms with E-state index in [1.165, 1.54) is 0 Å². The molecule has 0 spiro atoms. The summed E-state index contributed by atoms with van der Waals surface area (Å²) in [6.45, 7) is 1.41. The molecule has 1 saturated carbocycles. The monoisotopic (exact) mass is 401 g/mol. The molecule has 0 radical (unpaired) electrons. The molecule has 1 amide bonds. The minimum Gasteiger partial charge on any atom is -0.391 e. The molecule has 152 valence electrons. The van der Waals surface area contributed by atoms with Crippen molar-refractivity contribution >= 4 is 28.0 Å². The highest BCUT2D eigenvalue weighted by atomic mass is 16.3. The molecule has 0 bridgehead atoms. The predicted octanol–water partition coefficient (Wildman–Crippen LogP) is 3.00. The number of nitrogens with one attached hydrogen (secondary N) is 1. The summed E-state index contributed by atoms with van der Waals surface area (Å²) in [4.78, 5) is 27.2. The first-order chi connectivity index (χ1) is 14.7. The van der Waals surface area contributed by atoms with Crippen molar-refractivity contribution in [2.75, 3.05) is 13.1 Å². The third kappa shape index (κ3) is 2.65. The summed E-state index contributed by atoms with van der Waals surface area (Å²) < 4.78 is 2.12. The minimum atomic E-state index is -0.436. The van der Waals surface area contributed by atoms with E-state index in [1.807, 2.05) is 41.6 Å². The van der Waals surface area contributed by atoms with Gasteiger partial charge in [0.15, 0.2) is 0 Å². The Morgan fingerprint density at radius 1 is 1.07 bits per heavy atom. The lowest BCUT2D eigenvalue weighted by molar-refractivity contribution is 0.0374. The van der Waals surface area contributed by atoms with Gasteiger partial charge in [-0.05, 0) is 48.9 Å². The lowest BCUT2D eigenvalue weighted by atomic mass is 9.77. The highest BCUT2D eigenvalue weighted by molar-refractivity contribution is 6.05. The number of benzene rings is 1. The number of likely N-dealkylation sites (tertiary alicyclic amines) is 1. The van der Waals surface area contributed by atoms with Crippen LogP contribution in [0.3, 0.4) is 0 Å². The number of carbonyl (C=O) groups excluding carboxylic acids is 1. The van der Waals surface area contributed by atoms with E-state index in [2.05, 4.69) is 25.6 Å². The average Bonchev–Trinajstić information content (AvgIpc) is 3.48. The second-order valence-electron chi connectivity index (χ2n) is 8.58. The molecule has 1 aliphatic heterocycles. The summed E-state index contributed by atoms with van der Waals surface area (Å²) in [5, 5.41) is 10.9. The van der Waals surface area contributed by atoms with Crippen molar-refractivity contribution in [2.24, 2.45) is 11.8 Å². The van der Waals surface area contributed by atoms with Gasteiger partial charge in [0.1, 0.15) is 5.52 Å². The molecule has 1 aliphatic carbocycles. The number of hydrogen-bond acceptors (Lipinski definition) is 4. The van der Waals surface area contributed by atoms with Gasteiger partial charge in [0.25, 0.3) is 5.91 Å². The summed E-state index contributed by atoms with van der Waals surface area (Å²) in [7, 11) is 0. The van der Waals surface area contributed by atoms with Crippen LogP contribution in [0.2, 0.25) is 0 Å². The van der Waals surface area contributed by atoms with E-state index in [-0.39, 0.29) is 11.9 Å². The number of rotatable bonds is 2. The molecule has 4 atom stereocenters. The van der Waals surface area contributed by atoms with Crippen molar-refractivity contribution in [1.82, 2.24) is 24.4 Å². The molecule has 0 unspecified atom stereocenters. The first-order valence-electron chi connectivity index (χ1n) is 10.5. The van der Waals surface area contributed by atoms with E-state index in [4.69, 9.17) is 0 Å². The Kier molecular flexibility index (Phi) is 3.92. The van der Waals surface area contributed by atoms with Gasteiger partial charge in [-0.1, -0.05) is 12.1 Å². The molecule has 7 heteroatoms. The van der Waals surface area contributed by atoms with Gasteiger partial charge in [0.2, 0.25) is 0 Å². The molecule has 1 aromatic carbocycles. The van der Waals surface area contributed by atoms with Crippen molar-refractivity contribution in [2.45, 2.75) is 25.0 Å². The maximum absolute atomic E-state index is 13.2. The SMILES string of the molecule is O=C(c1c[nH]c2cccnc12)N1C[C@H]2C[C@@H](n3cnc4ccccc43)[C@H](O)C[C@H]2C1. The van der Waals surface area contributed by atoms with Gasteiger partial charge in [-0.25, -0.2) is 4.98 Å². The number of aliphatic hydroxyl groups excluding tert-OH is 1. The fraction of sp³-hybridized carbons (Fsp3) is 0.348. The number of amides is 1. The summed E-state index contributed by atoms with van der Waals surface area (Å²) in [5.41, 5.74) is 4.22. The van der Waals surface area contributed by atoms with E-state index in [1.54, 1.807) is 12.4 Å². The lowest BCUT2D eigenvalue weighted by Crippen LogP contribution is -2.36. The quantitative estimate of drug-likeness (QED) is 0.541. The number of para-hydroxylation sites is 2. The van der Waals surface area contributed by atoms with Crippen LogP contribution in [0.1, 0.15) is 29.2 Å². The van der Waals surface area contributed by atoms with Crippen LogP contribution >= 0.6 is 0 Å². The van der Waals surface area contributed by atoms with Crippen LogP contribution < -0.4 is 0 Å². The number of aromatic nitrogens is 4. The van der Waals surface area contributed by atoms with Gasteiger partial charge in [-0.3, -0.25) is 9.78 Å². The van der Waals surface area contributed by atoms with Gasteiger partial charge in [0.05, 0.1) is 40.6 Å². The zero-order valence-electron chi connectivity index (χ0n) is 16.5. The lowest BCUT2D eigenvalue weighted by Gasteiger charge is -2.36. The summed E-state index contributed by atoms with van der Waals surface area (Å²) in [6, 6.07) is 11.8. The Bertz CT molecular complexity index is 1240. The molecule has 1 saturated heterocycles. The molecule has 2 aliphatic rings. The minimum absolute atomic E-state index is 0.0107. The zero-order chi connectivity index (χ0) is 20.2. The van der Waals surface area contributed by atoms with Crippen molar-refractivity contribution in [1.29, 1.82) is 0 Å². The third-order valence-electron chi connectivity index (χ3n) is 6.90. The normalized spacial score (nSPS) is 26.4. The third-order valence-corrected chi connectivity index (χ3v) is 6.90. The maximum Gasteiger partial charge on any atom is 0.257 e. The van der Waals surface area contributed by atoms with Crippen molar-refractivity contribution in [3.63, 3.8) is 0 Å². The van der Waals surface area contributed by atoms with Crippen LogP contribution in [0.25, 0.3) is 22.1 Å². The second-order valence-corrected chi connectivity index (χ2v) is 8.58. The number of fused-ring (bicyclic) bond motifs is 3. The van der Waals surface area contributed by atoms with Gasteiger partial charge < -0.3 is 19.6 Å². The number of H-pyrrole nitrogens is 1. The molecular formula is C23H23N5O2. The van der Waals surface area contributed by atoms with E-state index in [0.717, 1.165) is 35.0 Å². The van der Waals surface area contributed by atoms with Crippen LogP contribution in [0.4, 0.5) is 0 Å². The standard InChI is InChI=1S/C23H23N5O2/c29-21-9-15-12-27(23(30)16-10-25-18-5-3-7-24-22(16)18)11-14(15)8-20(21)28-13-26-17-4-1-2-6-19(17)28/h1-7,10,13-15,20-21,25,29H,8-9,11-12H2/t14-,15+,20-,21-/m1/s1. The molecule has 6 rings (SSSR count). The number of carbonyl (C=O) groups is 1.